The molecule has 3 heteroatoms. The molecule has 1 fully saturated rings. The standard InChI is InChI=1S/C15H22N2O/c1-12-6-4-5-7-14(12)10-15(18)17-9-8-16(3)13(2)11-17/h4-7,13H,8-11H2,1-3H3. The van der Waals surface area contributed by atoms with Crippen molar-refractivity contribution in [2.45, 2.75) is 26.3 Å². The molecule has 0 aliphatic carbocycles. The number of aryl methyl sites for hydroxylation is 1. The normalized spacial score (nSPS) is 21.1. The third-order valence-electron chi connectivity index (χ3n) is 3.92. The molecule has 0 spiro atoms. The predicted octanol–water partition coefficient (Wildman–Crippen LogP) is 1.70. The number of rotatable bonds is 2. The zero-order valence-corrected chi connectivity index (χ0v) is 11.5. The lowest BCUT2D eigenvalue weighted by Gasteiger charge is -2.37. The van der Waals surface area contributed by atoms with Gasteiger partial charge in [0.25, 0.3) is 0 Å². The molecule has 1 aromatic rings. The Morgan fingerprint density at radius 2 is 2.06 bits per heavy atom. The van der Waals surface area contributed by atoms with E-state index in [0.29, 0.717) is 12.5 Å². The van der Waals surface area contributed by atoms with Gasteiger partial charge in [-0.2, -0.15) is 0 Å². The lowest BCUT2D eigenvalue weighted by molar-refractivity contribution is -0.133. The van der Waals surface area contributed by atoms with E-state index in [-0.39, 0.29) is 5.91 Å². The summed E-state index contributed by atoms with van der Waals surface area (Å²) in [5.74, 6) is 0.254. The van der Waals surface area contributed by atoms with Gasteiger partial charge >= 0.3 is 0 Å². The maximum absolute atomic E-state index is 12.3. The van der Waals surface area contributed by atoms with Crippen LogP contribution in [0, 0.1) is 6.92 Å². The minimum Gasteiger partial charge on any atom is -0.340 e. The number of likely N-dealkylation sites (N-methyl/N-ethyl adjacent to an activating group) is 1. The largest absolute Gasteiger partial charge is 0.340 e. The molecule has 3 nitrogen and oxygen atoms in total. The van der Waals surface area contributed by atoms with Crippen LogP contribution in [-0.2, 0) is 11.2 Å². The van der Waals surface area contributed by atoms with Gasteiger partial charge in [0, 0.05) is 25.7 Å². The second kappa shape index (κ2) is 5.53. The van der Waals surface area contributed by atoms with Crippen LogP contribution in [0.1, 0.15) is 18.1 Å². The summed E-state index contributed by atoms with van der Waals surface area (Å²) in [6.45, 7) is 6.91. The predicted molar refractivity (Wildman–Crippen MR) is 73.6 cm³/mol. The van der Waals surface area contributed by atoms with Gasteiger partial charge in [0.1, 0.15) is 0 Å². The first-order valence-corrected chi connectivity index (χ1v) is 6.60. The monoisotopic (exact) mass is 246 g/mol. The summed E-state index contributed by atoms with van der Waals surface area (Å²) in [4.78, 5) is 16.6. The maximum atomic E-state index is 12.3. The van der Waals surface area contributed by atoms with Crippen LogP contribution in [0.3, 0.4) is 0 Å². The average Bonchev–Trinajstić information content (AvgIpc) is 2.35. The molecule has 2 rings (SSSR count). The Hall–Kier alpha value is -1.35. The molecule has 18 heavy (non-hydrogen) atoms. The van der Waals surface area contributed by atoms with E-state index in [1.54, 1.807) is 0 Å². The van der Waals surface area contributed by atoms with E-state index in [9.17, 15) is 4.79 Å². The number of amides is 1. The van der Waals surface area contributed by atoms with Crippen molar-refractivity contribution in [3.63, 3.8) is 0 Å². The van der Waals surface area contributed by atoms with E-state index in [2.05, 4.69) is 31.9 Å². The fourth-order valence-electron chi connectivity index (χ4n) is 2.36. The molecule has 0 aromatic heterocycles. The Bertz CT molecular complexity index is 430. The zero-order valence-electron chi connectivity index (χ0n) is 11.5. The van der Waals surface area contributed by atoms with E-state index in [0.717, 1.165) is 25.2 Å². The minimum absolute atomic E-state index is 0.254. The van der Waals surface area contributed by atoms with Crippen LogP contribution in [0.15, 0.2) is 24.3 Å². The fourth-order valence-corrected chi connectivity index (χ4v) is 2.36. The van der Waals surface area contributed by atoms with Gasteiger partial charge in [0.15, 0.2) is 0 Å². The molecule has 0 N–H and O–H groups in total. The second-order valence-electron chi connectivity index (χ2n) is 5.27. The second-order valence-corrected chi connectivity index (χ2v) is 5.27. The Morgan fingerprint density at radius 1 is 1.33 bits per heavy atom. The van der Waals surface area contributed by atoms with Crippen LogP contribution >= 0.6 is 0 Å². The van der Waals surface area contributed by atoms with Gasteiger partial charge < -0.3 is 9.80 Å². The highest BCUT2D eigenvalue weighted by molar-refractivity contribution is 5.79. The van der Waals surface area contributed by atoms with E-state index < -0.39 is 0 Å². The summed E-state index contributed by atoms with van der Waals surface area (Å²) in [6, 6.07) is 8.59. The number of carbonyl (C=O) groups is 1. The van der Waals surface area contributed by atoms with Crippen molar-refractivity contribution in [2.75, 3.05) is 26.7 Å². The van der Waals surface area contributed by atoms with Crippen molar-refractivity contribution in [3.8, 4) is 0 Å². The summed E-state index contributed by atoms with van der Waals surface area (Å²) in [5, 5.41) is 0. The van der Waals surface area contributed by atoms with Gasteiger partial charge in [0.2, 0.25) is 5.91 Å². The van der Waals surface area contributed by atoms with Gasteiger partial charge in [0.05, 0.1) is 6.42 Å². The van der Waals surface area contributed by atoms with Crippen LogP contribution in [-0.4, -0.2) is 48.4 Å². The fraction of sp³-hybridized carbons (Fsp3) is 0.533. The van der Waals surface area contributed by atoms with Crippen molar-refractivity contribution in [1.82, 2.24) is 9.80 Å². The quantitative estimate of drug-likeness (QED) is 0.793. The van der Waals surface area contributed by atoms with Gasteiger partial charge in [-0.15, -0.1) is 0 Å². The van der Waals surface area contributed by atoms with Crippen LogP contribution in [0.4, 0.5) is 0 Å². The summed E-state index contributed by atoms with van der Waals surface area (Å²) in [6.07, 6.45) is 0.531. The van der Waals surface area contributed by atoms with Gasteiger partial charge in [-0.05, 0) is 32.0 Å². The van der Waals surface area contributed by atoms with E-state index in [1.807, 2.05) is 23.1 Å². The highest BCUT2D eigenvalue weighted by Crippen LogP contribution is 2.12. The summed E-state index contributed by atoms with van der Waals surface area (Å²) in [5.41, 5.74) is 2.35. The van der Waals surface area contributed by atoms with Crippen molar-refractivity contribution in [1.29, 1.82) is 0 Å². The van der Waals surface area contributed by atoms with Gasteiger partial charge in [-0.1, -0.05) is 24.3 Å². The molecule has 0 radical (unpaired) electrons. The molecule has 1 saturated heterocycles. The summed E-state index contributed by atoms with van der Waals surface area (Å²) in [7, 11) is 2.12. The first-order chi connectivity index (χ1) is 8.58. The highest BCUT2D eigenvalue weighted by atomic mass is 16.2. The Morgan fingerprint density at radius 3 is 2.72 bits per heavy atom. The molecule has 98 valence electrons. The smallest absolute Gasteiger partial charge is 0.227 e. The third-order valence-corrected chi connectivity index (χ3v) is 3.92. The number of benzene rings is 1. The number of hydrogen-bond acceptors (Lipinski definition) is 2. The molecule has 1 unspecified atom stereocenters. The van der Waals surface area contributed by atoms with E-state index in [1.165, 1.54) is 5.56 Å². The lowest BCUT2D eigenvalue weighted by atomic mass is 10.0. The molecule has 0 bridgehead atoms. The molecule has 0 saturated carbocycles. The molecular weight excluding hydrogens is 224 g/mol. The molecule has 1 aromatic carbocycles. The molecule has 1 amide bonds. The van der Waals surface area contributed by atoms with E-state index in [4.69, 9.17) is 0 Å². The van der Waals surface area contributed by atoms with Crippen LogP contribution in [0.5, 0.6) is 0 Å². The summed E-state index contributed by atoms with van der Waals surface area (Å²) < 4.78 is 0. The van der Waals surface area contributed by atoms with Crippen molar-refractivity contribution in [3.05, 3.63) is 35.4 Å². The topological polar surface area (TPSA) is 23.6 Å². The molecule has 1 atom stereocenters. The molecule has 1 aliphatic rings. The SMILES string of the molecule is Cc1ccccc1CC(=O)N1CCN(C)C(C)C1. The van der Waals surface area contributed by atoms with Crippen molar-refractivity contribution >= 4 is 5.91 Å². The van der Waals surface area contributed by atoms with Crippen LogP contribution in [0.25, 0.3) is 0 Å². The first kappa shape index (κ1) is 13.1. The molecule has 1 aliphatic heterocycles. The highest BCUT2D eigenvalue weighted by Gasteiger charge is 2.24. The number of carbonyl (C=O) groups excluding carboxylic acids is 1. The zero-order chi connectivity index (χ0) is 13.1. The van der Waals surface area contributed by atoms with E-state index >= 15 is 0 Å². The molecule has 1 heterocycles. The van der Waals surface area contributed by atoms with Crippen molar-refractivity contribution in [2.24, 2.45) is 0 Å². The lowest BCUT2D eigenvalue weighted by Crippen LogP contribution is -2.52. The third kappa shape index (κ3) is 2.91. The van der Waals surface area contributed by atoms with Crippen molar-refractivity contribution < 1.29 is 4.79 Å². The number of nitrogens with zero attached hydrogens (tertiary/aromatic N) is 2. The van der Waals surface area contributed by atoms with Crippen LogP contribution in [0.2, 0.25) is 0 Å². The Kier molecular flexibility index (Phi) is 4.02. The maximum Gasteiger partial charge on any atom is 0.227 e. The number of piperazine rings is 1. The number of hydrogen-bond donors (Lipinski definition) is 0. The van der Waals surface area contributed by atoms with Crippen LogP contribution < -0.4 is 0 Å². The molecular formula is C15H22N2O. The summed E-state index contributed by atoms with van der Waals surface area (Å²) >= 11 is 0. The first-order valence-electron chi connectivity index (χ1n) is 6.60. The van der Waals surface area contributed by atoms with Gasteiger partial charge in [-0.3, -0.25) is 4.79 Å². The van der Waals surface area contributed by atoms with Gasteiger partial charge in [-0.25, -0.2) is 0 Å². The Labute approximate surface area is 109 Å². The minimum atomic E-state index is 0.254. The average molecular weight is 246 g/mol. The Balaban J connectivity index is 1.99.